The molecule has 7 nitrogen and oxygen atoms in total. The number of amides is 2. The number of aliphatic hydroxyl groups is 1. The van der Waals surface area contributed by atoms with Crippen LogP contribution >= 0.6 is 11.6 Å². The van der Waals surface area contributed by atoms with Gasteiger partial charge < -0.3 is 15.3 Å². The molecule has 0 saturated carbocycles. The maximum absolute atomic E-state index is 12.1. The topological polar surface area (TPSA) is 85.8 Å². The van der Waals surface area contributed by atoms with Crippen LogP contribution in [0.3, 0.4) is 0 Å². The van der Waals surface area contributed by atoms with Gasteiger partial charge in [0.1, 0.15) is 0 Å². The second kappa shape index (κ2) is 7.35. The van der Waals surface area contributed by atoms with E-state index in [2.05, 4.69) is 10.3 Å². The molecule has 0 spiro atoms. The highest BCUT2D eigenvalue weighted by molar-refractivity contribution is 6.41. The number of hydrogen-bond donors (Lipinski definition) is 2. The van der Waals surface area contributed by atoms with Crippen LogP contribution in [-0.2, 0) is 9.59 Å². The first-order valence-electron chi connectivity index (χ1n) is 6.66. The number of carbonyl (C=O) groups is 2. The smallest absolute Gasteiger partial charge is 0.313 e. The van der Waals surface area contributed by atoms with E-state index in [4.69, 9.17) is 16.7 Å². The number of nitrogens with one attached hydrogen (secondary N) is 1. The fourth-order valence-electron chi connectivity index (χ4n) is 2.11. The molecule has 2 heterocycles. The molecule has 0 aliphatic carbocycles. The van der Waals surface area contributed by atoms with Crippen LogP contribution in [0.2, 0.25) is 5.15 Å². The molecule has 0 atom stereocenters. The van der Waals surface area contributed by atoms with Crippen LogP contribution in [0.5, 0.6) is 0 Å². The highest BCUT2D eigenvalue weighted by atomic mass is 35.5. The minimum atomic E-state index is -0.722. The number of anilines is 1. The second-order valence-corrected chi connectivity index (χ2v) is 5.01. The van der Waals surface area contributed by atoms with Crippen LogP contribution in [0, 0.1) is 0 Å². The normalized spacial score (nSPS) is 15.8. The number of aromatic nitrogens is 1. The molecule has 0 radical (unpaired) electrons. The van der Waals surface area contributed by atoms with Crippen molar-refractivity contribution in [3.05, 3.63) is 23.5 Å². The molecule has 1 aliphatic heterocycles. The fraction of sp³-hybridized carbons (Fsp3) is 0.462. The van der Waals surface area contributed by atoms with E-state index in [1.54, 1.807) is 12.1 Å². The summed E-state index contributed by atoms with van der Waals surface area (Å²) in [5.41, 5.74) is 0.316. The van der Waals surface area contributed by atoms with Crippen LogP contribution < -0.4 is 5.32 Å². The third-order valence-corrected chi connectivity index (χ3v) is 3.58. The van der Waals surface area contributed by atoms with Gasteiger partial charge in [-0.15, -0.1) is 0 Å². The van der Waals surface area contributed by atoms with E-state index in [-0.39, 0.29) is 11.8 Å². The molecule has 114 valence electrons. The largest absolute Gasteiger partial charge is 0.395 e. The third kappa shape index (κ3) is 4.13. The average Bonchev–Trinajstić information content (AvgIpc) is 2.50. The molecule has 0 aromatic carbocycles. The quantitative estimate of drug-likeness (QED) is 0.597. The van der Waals surface area contributed by atoms with Gasteiger partial charge in [-0.2, -0.15) is 0 Å². The van der Waals surface area contributed by atoms with Crippen LogP contribution in [-0.4, -0.2) is 71.0 Å². The summed E-state index contributed by atoms with van der Waals surface area (Å²) in [6.45, 7) is 2.90. The SMILES string of the molecule is O=C(Nc1cccnc1Cl)C(=O)N1CCN(CCO)CC1. The second-order valence-electron chi connectivity index (χ2n) is 4.65. The minimum absolute atomic E-state index is 0.0912. The van der Waals surface area contributed by atoms with Crippen LogP contribution in [0.1, 0.15) is 0 Å². The lowest BCUT2D eigenvalue weighted by molar-refractivity contribution is -0.144. The van der Waals surface area contributed by atoms with E-state index < -0.39 is 11.8 Å². The van der Waals surface area contributed by atoms with E-state index in [9.17, 15) is 9.59 Å². The number of carbonyl (C=O) groups excluding carboxylic acids is 2. The summed E-state index contributed by atoms with van der Waals surface area (Å²) in [5.74, 6) is -1.31. The summed E-state index contributed by atoms with van der Waals surface area (Å²) in [5, 5.41) is 11.5. The van der Waals surface area contributed by atoms with Crippen molar-refractivity contribution in [3.63, 3.8) is 0 Å². The Morgan fingerprint density at radius 2 is 2.05 bits per heavy atom. The predicted octanol–water partition coefficient (Wildman–Crippen LogP) is -0.190. The van der Waals surface area contributed by atoms with Crippen LogP contribution in [0.4, 0.5) is 5.69 Å². The Labute approximate surface area is 127 Å². The Kier molecular flexibility index (Phi) is 5.49. The predicted molar refractivity (Wildman–Crippen MR) is 78.0 cm³/mol. The lowest BCUT2D eigenvalue weighted by Crippen LogP contribution is -2.52. The molecule has 2 rings (SSSR count). The molecular formula is C13H17ClN4O3. The standard InChI is InChI=1S/C13H17ClN4O3/c14-11-10(2-1-3-15-11)16-12(20)13(21)18-6-4-17(5-7-18)8-9-19/h1-3,19H,4-9H2,(H,16,20). The van der Waals surface area contributed by atoms with Gasteiger partial charge in [-0.3, -0.25) is 14.5 Å². The highest BCUT2D eigenvalue weighted by Crippen LogP contribution is 2.17. The first kappa shape index (κ1) is 15.7. The average molecular weight is 313 g/mol. The Hall–Kier alpha value is -1.70. The van der Waals surface area contributed by atoms with Crippen molar-refractivity contribution in [3.8, 4) is 0 Å². The van der Waals surface area contributed by atoms with Gasteiger partial charge >= 0.3 is 11.8 Å². The Morgan fingerprint density at radius 1 is 1.33 bits per heavy atom. The number of halogens is 1. The minimum Gasteiger partial charge on any atom is -0.395 e. The van der Waals surface area contributed by atoms with Crippen molar-refractivity contribution in [2.45, 2.75) is 0 Å². The van der Waals surface area contributed by atoms with Gasteiger partial charge in [-0.1, -0.05) is 11.6 Å². The van der Waals surface area contributed by atoms with E-state index >= 15 is 0 Å². The van der Waals surface area contributed by atoms with E-state index in [0.29, 0.717) is 38.4 Å². The van der Waals surface area contributed by atoms with Gasteiger partial charge in [-0.05, 0) is 12.1 Å². The summed E-state index contributed by atoms with van der Waals surface area (Å²) in [4.78, 5) is 31.4. The molecule has 1 aromatic heterocycles. The molecule has 0 unspecified atom stereocenters. The van der Waals surface area contributed by atoms with Crippen LogP contribution in [0.25, 0.3) is 0 Å². The van der Waals surface area contributed by atoms with E-state index in [1.807, 2.05) is 4.90 Å². The molecule has 1 saturated heterocycles. The highest BCUT2D eigenvalue weighted by Gasteiger charge is 2.26. The summed E-state index contributed by atoms with van der Waals surface area (Å²) in [6, 6.07) is 3.21. The lowest BCUT2D eigenvalue weighted by atomic mass is 10.3. The zero-order valence-electron chi connectivity index (χ0n) is 11.5. The van der Waals surface area contributed by atoms with Crippen LogP contribution in [0.15, 0.2) is 18.3 Å². The van der Waals surface area contributed by atoms with Crippen molar-refractivity contribution in [2.75, 3.05) is 44.6 Å². The van der Waals surface area contributed by atoms with Gasteiger partial charge in [0.2, 0.25) is 0 Å². The van der Waals surface area contributed by atoms with Crippen molar-refractivity contribution < 1.29 is 14.7 Å². The van der Waals surface area contributed by atoms with Crippen molar-refractivity contribution in [2.24, 2.45) is 0 Å². The summed E-state index contributed by atoms with van der Waals surface area (Å²) >= 11 is 5.83. The summed E-state index contributed by atoms with van der Waals surface area (Å²) < 4.78 is 0. The van der Waals surface area contributed by atoms with Crippen molar-refractivity contribution in [1.82, 2.24) is 14.8 Å². The maximum atomic E-state index is 12.1. The Bertz CT molecular complexity index is 518. The molecule has 2 amide bonds. The number of aliphatic hydroxyl groups excluding tert-OH is 1. The van der Waals surface area contributed by atoms with Gasteiger partial charge in [0.25, 0.3) is 0 Å². The van der Waals surface area contributed by atoms with Gasteiger partial charge in [-0.25, -0.2) is 4.98 Å². The van der Waals surface area contributed by atoms with Gasteiger partial charge in [0, 0.05) is 38.9 Å². The summed E-state index contributed by atoms with van der Waals surface area (Å²) in [7, 11) is 0. The number of nitrogens with zero attached hydrogens (tertiary/aromatic N) is 3. The molecule has 21 heavy (non-hydrogen) atoms. The monoisotopic (exact) mass is 312 g/mol. The Morgan fingerprint density at radius 3 is 2.67 bits per heavy atom. The number of rotatable bonds is 3. The summed E-state index contributed by atoms with van der Waals surface area (Å²) in [6.07, 6.45) is 1.50. The molecular weight excluding hydrogens is 296 g/mol. The third-order valence-electron chi connectivity index (χ3n) is 3.28. The van der Waals surface area contributed by atoms with Crippen molar-refractivity contribution in [1.29, 1.82) is 0 Å². The number of pyridine rings is 1. The fourth-order valence-corrected chi connectivity index (χ4v) is 2.28. The zero-order valence-corrected chi connectivity index (χ0v) is 12.2. The number of β-amino-alcohol motifs (C(OH)–C–C–N with tert-alkyl or cyclic N) is 1. The first-order chi connectivity index (χ1) is 10.1. The molecule has 1 aromatic rings. The lowest BCUT2D eigenvalue weighted by Gasteiger charge is -2.33. The molecule has 1 aliphatic rings. The molecule has 2 N–H and O–H groups in total. The maximum Gasteiger partial charge on any atom is 0.313 e. The number of piperazine rings is 1. The Balaban J connectivity index is 1.89. The van der Waals surface area contributed by atoms with E-state index in [1.165, 1.54) is 11.1 Å². The number of hydrogen-bond acceptors (Lipinski definition) is 5. The molecule has 0 bridgehead atoms. The van der Waals surface area contributed by atoms with Gasteiger partial charge in [0.05, 0.1) is 12.3 Å². The zero-order chi connectivity index (χ0) is 15.2. The van der Waals surface area contributed by atoms with E-state index in [0.717, 1.165) is 0 Å². The molecule has 1 fully saturated rings. The molecule has 8 heteroatoms. The van der Waals surface area contributed by atoms with Gasteiger partial charge in [0.15, 0.2) is 5.15 Å². The first-order valence-corrected chi connectivity index (χ1v) is 7.03. The van der Waals surface area contributed by atoms with Crippen molar-refractivity contribution >= 4 is 29.1 Å².